The van der Waals surface area contributed by atoms with Gasteiger partial charge in [-0.15, -0.1) is 0 Å². The molecule has 1 saturated heterocycles. The smallest absolute Gasteiger partial charge is 0.475 e. The zero-order valence-corrected chi connectivity index (χ0v) is 20.0. The molecule has 0 bridgehead atoms. The van der Waals surface area contributed by atoms with Crippen molar-refractivity contribution in [2.75, 3.05) is 26.2 Å². The molecule has 37 heavy (non-hydrogen) atoms. The summed E-state index contributed by atoms with van der Waals surface area (Å²) in [4.78, 5) is 19.7. The minimum absolute atomic E-state index is 0.0302. The van der Waals surface area contributed by atoms with Crippen LogP contribution in [0, 0.1) is 11.3 Å². The van der Waals surface area contributed by atoms with Crippen molar-refractivity contribution < 1.29 is 36.2 Å². The first kappa shape index (κ1) is 30.0. The number of likely N-dealkylation sites (N-methyl/N-ethyl adjacent to an activating group) is 1. The fourth-order valence-corrected chi connectivity index (χ4v) is 3.88. The van der Waals surface area contributed by atoms with Crippen molar-refractivity contribution in [2.24, 2.45) is 0 Å². The molecular formula is C24H27F6N5O2. The Morgan fingerprint density at radius 2 is 1.92 bits per heavy atom. The van der Waals surface area contributed by atoms with E-state index < -0.39 is 23.9 Å². The van der Waals surface area contributed by atoms with Gasteiger partial charge in [0, 0.05) is 23.8 Å². The molecule has 1 fully saturated rings. The summed E-state index contributed by atoms with van der Waals surface area (Å²) in [6.07, 6.45) is -5.60. The quantitative estimate of drug-likeness (QED) is 0.377. The summed E-state index contributed by atoms with van der Waals surface area (Å²) in [7, 11) is 0. The Labute approximate surface area is 210 Å². The molecule has 1 aromatic heterocycles. The third-order valence-corrected chi connectivity index (χ3v) is 5.68. The normalized spacial score (nSPS) is 16.1. The molecule has 0 radical (unpaired) electrons. The number of benzene rings is 1. The maximum absolute atomic E-state index is 13.0. The number of nitriles is 1. The van der Waals surface area contributed by atoms with E-state index in [1.165, 1.54) is 25.5 Å². The van der Waals surface area contributed by atoms with E-state index in [4.69, 9.17) is 9.90 Å². The zero-order chi connectivity index (χ0) is 27.6. The first-order valence-corrected chi connectivity index (χ1v) is 11.6. The lowest BCUT2D eigenvalue weighted by atomic mass is 10.1. The summed E-state index contributed by atoms with van der Waals surface area (Å²) in [5.41, 5.74) is 0.576. The first-order valence-electron chi connectivity index (χ1n) is 11.6. The molecule has 1 unspecified atom stereocenters. The van der Waals surface area contributed by atoms with Gasteiger partial charge in [-0.3, -0.25) is 4.90 Å². The minimum Gasteiger partial charge on any atom is -0.475 e. The molecule has 1 atom stereocenters. The van der Waals surface area contributed by atoms with Gasteiger partial charge in [0.2, 0.25) is 5.82 Å². The molecule has 1 aliphatic heterocycles. The molecule has 2 heterocycles. The van der Waals surface area contributed by atoms with Crippen LogP contribution in [0.5, 0.6) is 0 Å². The van der Waals surface area contributed by atoms with Gasteiger partial charge in [-0.2, -0.15) is 31.6 Å². The number of aryl methyl sites for hydroxylation is 1. The summed E-state index contributed by atoms with van der Waals surface area (Å²) in [6, 6.07) is 9.15. The third kappa shape index (κ3) is 9.62. The van der Waals surface area contributed by atoms with Gasteiger partial charge in [-0.1, -0.05) is 19.1 Å². The number of alkyl halides is 6. The van der Waals surface area contributed by atoms with Gasteiger partial charge in [0.25, 0.3) is 0 Å². The number of halogens is 6. The van der Waals surface area contributed by atoms with Crippen molar-refractivity contribution in [3.63, 3.8) is 0 Å². The van der Waals surface area contributed by atoms with Crippen molar-refractivity contribution in [1.29, 1.82) is 5.26 Å². The fourth-order valence-electron chi connectivity index (χ4n) is 3.88. The van der Waals surface area contributed by atoms with Crippen molar-refractivity contribution >= 4 is 5.97 Å². The van der Waals surface area contributed by atoms with E-state index in [9.17, 15) is 31.6 Å². The number of carboxylic acids is 1. The molecule has 13 heteroatoms. The number of rotatable bonds is 8. The molecule has 0 aliphatic carbocycles. The summed E-state index contributed by atoms with van der Waals surface area (Å²) < 4.78 is 70.8. The second-order valence-corrected chi connectivity index (χ2v) is 8.29. The highest BCUT2D eigenvalue weighted by molar-refractivity contribution is 5.73. The number of hydrogen-bond acceptors (Lipinski definition) is 6. The zero-order valence-electron chi connectivity index (χ0n) is 20.0. The van der Waals surface area contributed by atoms with E-state index in [0.29, 0.717) is 29.4 Å². The van der Waals surface area contributed by atoms with Crippen molar-refractivity contribution in [3.05, 3.63) is 47.4 Å². The summed E-state index contributed by atoms with van der Waals surface area (Å²) >= 11 is 0. The van der Waals surface area contributed by atoms with Crippen LogP contribution in [0.3, 0.4) is 0 Å². The van der Waals surface area contributed by atoms with Crippen LogP contribution in [0.1, 0.15) is 43.3 Å². The predicted molar refractivity (Wildman–Crippen MR) is 122 cm³/mol. The van der Waals surface area contributed by atoms with E-state index in [1.807, 2.05) is 6.07 Å². The van der Waals surface area contributed by atoms with Crippen LogP contribution in [-0.2, 0) is 17.4 Å². The molecule has 2 N–H and O–H groups in total. The molecule has 0 amide bonds. The number of aliphatic carboxylic acids is 1. The van der Waals surface area contributed by atoms with Crippen LogP contribution in [0.25, 0.3) is 11.3 Å². The Kier molecular flexibility index (Phi) is 10.8. The van der Waals surface area contributed by atoms with Gasteiger partial charge in [-0.05, 0) is 63.5 Å². The standard InChI is InChI=1S/C22H26F3N5.C2HF3O2/c1-2-30-11-5-9-19(30)15-27-10-4-8-18-13-20(29-21(14-26)28-18)16-6-3-7-17(12-16)22(23,24)25;3-2(4,5)1(6)7/h3,6-7,12-13,19,27H,2,4-5,8-11,15H2,1H3;(H,6,7). The number of aromatic nitrogens is 2. The molecule has 202 valence electrons. The highest BCUT2D eigenvalue weighted by Gasteiger charge is 2.38. The molecule has 3 rings (SSSR count). The predicted octanol–water partition coefficient (Wildman–Crippen LogP) is 4.67. The highest BCUT2D eigenvalue weighted by atomic mass is 19.4. The van der Waals surface area contributed by atoms with Gasteiger partial charge in [0.15, 0.2) is 0 Å². The van der Waals surface area contributed by atoms with Crippen LogP contribution in [0.15, 0.2) is 30.3 Å². The van der Waals surface area contributed by atoms with Crippen molar-refractivity contribution in [1.82, 2.24) is 20.2 Å². The highest BCUT2D eigenvalue weighted by Crippen LogP contribution is 2.32. The Bertz CT molecular complexity index is 1080. The summed E-state index contributed by atoms with van der Waals surface area (Å²) in [5.74, 6) is -2.79. The average molecular weight is 532 g/mol. The number of carbonyl (C=O) groups is 1. The Hall–Kier alpha value is -3.24. The Morgan fingerprint density at radius 1 is 1.22 bits per heavy atom. The topological polar surface area (TPSA) is 102 Å². The minimum atomic E-state index is -5.08. The van der Waals surface area contributed by atoms with Crippen LogP contribution in [-0.4, -0.2) is 64.3 Å². The molecule has 1 aliphatic rings. The average Bonchev–Trinajstić information content (AvgIpc) is 3.30. The molecule has 2 aromatic rings. The van der Waals surface area contributed by atoms with E-state index >= 15 is 0 Å². The van der Waals surface area contributed by atoms with Crippen molar-refractivity contribution in [3.8, 4) is 17.3 Å². The lowest BCUT2D eigenvalue weighted by Gasteiger charge is -2.22. The number of nitrogens with zero attached hydrogens (tertiary/aromatic N) is 4. The fraction of sp³-hybridized carbons (Fsp3) is 0.500. The van der Waals surface area contributed by atoms with Gasteiger partial charge in [0.1, 0.15) is 6.07 Å². The van der Waals surface area contributed by atoms with Crippen LogP contribution in [0.2, 0.25) is 0 Å². The maximum Gasteiger partial charge on any atom is 0.490 e. The van der Waals surface area contributed by atoms with Gasteiger partial charge in [0.05, 0.1) is 11.3 Å². The second kappa shape index (κ2) is 13.3. The molecule has 0 saturated carbocycles. The number of likely N-dealkylation sites (tertiary alicyclic amines) is 1. The number of carboxylic acid groups (broad SMARTS) is 1. The van der Waals surface area contributed by atoms with Crippen molar-refractivity contribution in [2.45, 2.75) is 51.0 Å². The molecular weight excluding hydrogens is 504 g/mol. The lowest BCUT2D eigenvalue weighted by Crippen LogP contribution is -2.38. The van der Waals surface area contributed by atoms with Crippen LogP contribution in [0.4, 0.5) is 26.3 Å². The molecule has 0 spiro atoms. The van der Waals surface area contributed by atoms with E-state index in [-0.39, 0.29) is 5.82 Å². The van der Waals surface area contributed by atoms with Gasteiger partial charge in [-0.25, -0.2) is 14.8 Å². The van der Waals surface area contributed by atoms with E-state index in [1.54, 1.807) is 12.1 Å². The molecule has 1 aromatic carbocycles. The van der Waals surface area contributed by atoms with E-state index in [2.05, 4.69) is 27.1 Å². The molecule has 7 nitrogen and oxygen atoms in total. The monoisotopic (exact) mass is 531 g/mol. The van der Waals surface area contributed by atoms with E-state index in [0.717, 1.165) is 38.2 Å². The van der Waals surface area contributed by atoms with Crippen LogP contribution >= 0.6 is 0 Å². The van der Waals surface area contributed by atoms with Crippen LogP contribution < -0.4 is 5.32 Å². The Morgan fingerprint density at radius 3 is 2.51 bits per heavy atom. The third-order valence-electron chi connectivity index (χ3n) is 5.68. The lowest BCUT2D eigenvalue weighted by molar-refractivity contribution is -0.192. The Balaban J connectivity index is 0.000000604. The van der Waals surface area contributed by atoms with Gasteiger partial charge < -0.3 is 10.4 Å². The summed E-state index contributed by atoms with van der Waals surface area (Å²) in [6.45, 7) is 6.19. The first-order chi connectivity index (χ1) is 17.3. The maximum atomic E-state index is 13.0. The summed E-state index contributed by atoms with van der Waals surface area (Å²) in [5, 5.41) is 19.8. The number of nitrogens with one attached hydrogen (secondary N) is 1. The second-order valence-electron chi connectivity index (χ2n) is 8.29. The SMILES string of the molecule is CCN1CCCC1CNCCCc1cc(-c2cccc(C(F)(F)F)c2)nc(C#N)n1.O=C(O)C(F)(F)F. The number of hydrogen-bond donors (Lipinski definition) is 2. The van der Waals surface area contributed by atoms with Gasteiger partial charge >= 0.3 is 18.3 Å². The largest absolute Gasteiger partial charge is 0.490 e.